The maximum Gasteiger partial charge on any atom is 0.196 e. The quantitative estimate of drug-likeness (QED) is 0.144. The minimum Gasteiger partial charge on any atom is -0.493 e. The summed E-state index contributed by atoms with van der Waals surface area (Å²) in [5.74, 6) is 2.47. The highest BCUT2D eigenvalue weighted by Gasteiger charge is 2.05. The highest BCUT2D eigenvalue weighted by atomic mass is 127. The molecule has 178 valence electrons. The lowest BCUT2D eigenvalue weighted by Gasteiger charge is -2.13. The molecule has 1 heterocycles. The molecule has 1 aromatic heterocycles. The van der Waals surface area contributed by atoms with Crippen molar-refractivity contribution in [2.24, 2.45) is 4.99 Å². The molecule has 0 radical (unpaired) electrons. The summed E-state index contributed by atoms with van der Waals surface area (Å²) in [7, 11) is 1.70. The summed E-state index contributed by atoms with van der Waals surface area (Å²) in [5, 5.41) is 6.65. The van der Waals surface area contributed by atoms with Crippen LogP contribution in [0.25, 0.3) is 0 Å². The number of benzene rings is 2. The summed E-state index contributed by atoms with van der Waals surface area (Å²) >= 11 is 0. The van der Waals surface area contributed by atoms with E-state index in [-0.39, 0.29) is 24.0 Å². The number of nitrogens with one attached hydrogen (secondary N) is 2. The van der Waals surface area contributed by atoms with E-state index in [0.717, 1.165) is 43.2 Å². The van der Waals surface area contributed by atoms with Crippen molar-refractivity contribution in [2.45, 2.75) is 32.9 Å². The van der Waals surface area contributed by atoms with Crippen LogP contribution < -0.4 is 15.4 Å². The van der Waals surface area contributed by atoms with Gasteiger partial charge in [-0.05, 0) is 31.0 Å². The molecule has 2 N–H and O–H groups in total. The molecule has 0 aliphatic heterocycles. The average molecular weight is 563 g/mol. The van der Waals surface area contributed by atoms with Gasteiger partial charge in [-0.15, -0.1) is 24.0 Å². The van der Waals surface area contributed by atoms with Gasteiger partial charge in [0.25, 0.3) is 0 Å². The average Bonchev–Trinajstić information content (AvgIpc) is 3.27. The number of guanidine groups is 1. The van der Waals surface area contributed by atoms with Crippen LogP contribution in [0.5, 0.6) is 5.75 Å². The lowest BCUT2D eigenvalue weighted by atomic mass is 10.1. The molecule has 0 bridgehead atoms. The van der Waals surface area contributed by atoms with Crippen LogP contribution in [0.2, 0.25) is 0 Å². The number of aryl methyl sites for hydroxylation is 2. The van der Waals surface area contributed by atoms with Crippen LogP contribution in [-0.4, -0.2) is 42.4 Å². The van der Waals surface area contributed by atoms with Gasteiger partial charge in [0, 0.05) is 57.4 Å². The number of halogens is 1. The lowest BCUT2D eigenvalue weighted by Crippen LogP contribution is -2.30. The van der Waals surface area contributed by atoms with Gasteiger partial charge in [-0.1, -0.05) is 36.4 Å². The number of aliphatic imine (C=N–C) groups is 1. The number of hydrogen-bond donors (Lipinski definition) is 2. The molecule has 0 aliphatic carbocycles. The molecular formula is C25H34IN5O2. The van der Waals surface area contributed by atoms with Crippen LogP contribution in [0.1, 0.15) is 24.7 Å². The molecule has 0 saturated carbocycles. The highest BCUT2D eigenvalue weighted by molar-refractivity contribution is 14.0. The fourth-order valence-corrected chi connectivity index (χ4v) is 3.24. The van der Waals surface area contributed by atoms with Gasteiger partial charge in [0.15, 0.2) is 5.96 Å². The normalized spacial score (nSPS) is 11.0. The number of methoxy groups -OCH3 is 1. The maximum atomic E-state index is 5.79. The Morgan fingerprint density at radius 2 is 1.94 bits per heavy atom. The van der Waals surface area contributed by atoms with Crippen LogP contribution in [-0.2, 0) is 24.2 Å². The molecule has 3 rings (SSSR count). The molecule has 0 atom stereocenters. The topological polar surface area (TPSA) is 72.7 Å². The number of aromatic nitrogens is 2. The number of nitrogens with zero attached hydrogens (tertiary/aromatic N) is 3. The fraction of sp³-hybridized carbons (Fsp3) is 0.360. The second-order valence-corrected chi connectivity index (χ2v) is 7.32. The van der Waals surface area contributed by atoms with Crippen molar-refractivity contribution >= 4 is 35.6 Å². The molecule has 2 aromatic carbocycles. The van der Waals surface area contributed by atoms with E-state index >= 15 is 0 Å². The van der Waals surface area contributed by atoms with Gasteiger partial charge < -0.3 is 24.7 Å². The zero-order valence-electron chi connectivity index (χ0n) is 19.4. The summed E-state index contributed by atoms with van der Waals surface area (Å²) in [6.45, 7) is 5.49. The largest absolute Gasteiger partial charge is 0.493 e. The molecule has 0 amide bonds. The van der Waals surface area contributed by atoms with Crippen molar-refractivity contribution < 1.29 is 9.47 Å². The van der Waals surface area contributed by atoms with E-state index in [1.165, 1.54) is 5.56 Å². The minimum absolute atomic E-state index is 0. The Morgan fingerprint density at radius 3 is 2.73 bits per heavy atom. The van der Waals surface area contributed by atoms with Crippen molar-refractivity contribution in [3.8, 4) is 5.75 Å². The van der Waals surface area contributed by atoms with Gasteiger partial charge in [-0.2, -0.15) is 0 Å². The first-order chi connectivity index (χ1) is 15.8. The zero-order chi connectivity index (χ0) is 22.4. The SMILES string of the molecule is CCNC(=NCc1nccn1CCc1ccccc1)Nc1cccc(OCCCOC)c1.I. The maximum absolute atomic E-state index is 5.79. The molecule has 0 aliphatic rings. The van der Waals surface area contributed by atoms with Crippen molar-refractivity contribution in [2.75, 3.05) is 32.2 Å². The van der Waals surface area contributed by atoms with Crippen molar-refractivity contribution in [1.82, 2.24) is 14.9 Å². The number of ether oxygens (including phenoxy) is 2. The Kier molecular flexibility index (Phi) is 12.3. The Hall–Kier alpha value is -2.59. The fourth-order valence-electron chi connectivity index (χ4n) is 3.24. The van der Waals surface area contributed by atoms with Crippen molar-refractivity contribution in [1.29, 1.82) is 0 Å². The van der Waals surface area contributed by atoms with Crippen molar-refractivity contribution in [3.05, 3.63) is 78.4 Å². The summed E-state index contributed by atoms with van der Waals surface area (Å²) < 4.78 is 13.0. The monoisotopic (exact) mass is 563 g/mol. The van der Waals surface area contributed by atoms with Crippen LogP contribution in [0.4, 0.5) is 5.69 Å². The van der Waals surface area contributed by atoms with E-state index in [1.54, 1.807) is 7.11 Å². The predicted molar refractivity (Wildman–Crippen MR) is 145 cm³/mol. The Bertz CT molecular complexity index is 962. The first-order valence-electron chi connectivity index (χ1n) is 11.1. The van der Waals surface area contributed by atoms with E-state index in [2.05, 4.69) is 44.5 Å². The molecule has 3 aromatic rings. The Balaban J connectivity index is 0.00000385. The second kappa shape index (κ2) is 15.3. The smallest absolute Gasteiger partial charge is 0.196 e. The van der Waals surface area contributed by atoms with Crippen LogP contribution in [0.15, 0.2) is 72.0 Å². The van der Waals surface area contributed by atoms with E-state index in [9.17, 15) is 0 Å². The second-order valence-electron chi connectivity index (χ2n) is 7.32. The molecule has 0 fully saturated rings. The minimum atomic E-state index is 0. The summed E-state index contributed by atoms with van der Waals surface area (Å²) in [5.41, 5.74) is 2.23. The van der Waals surface area contributed by atoms with E-state index in [0.29, 0.717) is 25.7 Å². The third-order valence-electron chi connectivity index (χ3n) is 4.87. The molecule has 33 heavy (non-hydrogen) atoms. The van der Waals surface area contributed by atoms with Crippen LogP contribution in [0.3, 0.4) is 0 Å². The molecule has 0 unspecified atom stereocenters. The number of anilines is 1. The summed E-state index contributed by atoms with van der Waals surface area (Å²) in [6, 6.07) is 18.4. The molecule has 7 nitrogen and oxygen atoms in total. The summed E-state index contributed by atoms with van der Waals surface area (Å²) in [4.78, 5) is 9.24. The van der Waals surface area contributed by atoms with Gasteiger partial charge >= 0.3 is 0 Å². The summed E-state index contributed by atoms with van der Waals surface area (Å²) in [6.07, 6.45) is 5.66. The van der Waals surface area contributed by atoms with E-state index < -0.39 is 0 Å². The van der Waals surface area contributed by atoms with E-state index in [4.69, 9.17) is 14.5 Å². The molecule has 0 spiro atoms. The first-order valence-corrected chi connectivity index (χ1v) is 11.1. The molecule has 8 heteroatoms. The highest BCUT2D eigenvalue weighted by Crippen LogP contribution is 2.17. The standard InChI is InChI=1S/C25H33N5O2.HI/c1-3-26-25(29-22-11-7-12-23(19-22)32-18-8-17-31-2)28-20-24-27-14-16-30(24)15-13-21-9-5-4-6-10-21;/h4-7,9-12,14,16,19H,3,8,13,15,17-18,20H2,1-2H3,(H2,26,28,29);1H. The van der Waals surface area contributed by atoms with Crippen molar-refractivity contribution in [3.63, 3.8) is 0 Å². The van der Waals surface area contributed by atoms with Crippen LogP contribution >= 0.6 is 24.0 Å². The zero-order valence-corrected chi connectivity index (χ0v) is 21.7. The van der Waals surface area contributed by atoms with Gasteiger partial charge in [-0.25, -0.2) is 9.98 Å². The van der Waals surface area contributed by atoms with Gasteiger partial charge in [0.1, 0.15) is 18.1 Å². The predicted octanol–water partition coefficient (Wildman–Crippen LogP) is 4.74. The van der Waals surface area contributed by atoms with Crippen LogP contribution in [0, 0.1) is 0 Å². The Labute approximate surface area is 213 Å². The van der Waals surface area contributed by atoms with Gasteiger partial charge in [0.2, 0.25) is 0 Å². The van der Waals surface area contributed by atoms with Gasteiger partial charge in [0.05, 0.1) is 6.61 Å². The Morgan fingerprint density at radius 1 is 1.09 bits per heavy atom. The first kappa shape index (κ1) is 26.7. The third-order valence-corrected chi connectivity index (χ3v) is 4.87. The lowest BCUT2D eigenvalue weighted by molar-refractivity contribution is 0.172. The van der Waals surface area contributed by atoms with E-state index in [1.807, 2.05) is 49.6 Å². The van der Waals surface area contributed by atoms with Gasteiger partial charge in [-0.3, -0.25) is 0 Å². The number of hydrogen-bond acceptors (Lipinski definition) is 4. The molecular weight excluding hydrogens is 529 g/mol. The molecule has 0 saturated heterocycles. The number of imidazole rings is 1. The third kappa shape index (κ3) is 9.43. The number of rotatable bonds is 12.